The summed E-state index contributed by atoms with van der Waals surface area (Å²) in [5.41, 5.74) is 5.57. The number of nitrogens with one attached hydrogen (secondary N) is 1. The average molecular weight is 287 g/mol. The van der Waals surface area contributed by atoms with Crippen molar-refractivity contribution >= 4 is 33.7 Å². The summed E-state index contributed by atoms with van der Waals surface area (Å²) in [5, 5.41) is 16.9. The molecule has 0 spiro atoms. The first-order valence-corrected chi connectivity index (χ1v) is 6.97. The van der Waals surface area contributed by atoms with Gasteiger partial charge in [0.05, 0.1) is 11.9 Å². The highest BCUT2D eigenvalue weighted by atomic mass is 32.1. The number of nitrogens with zero attached hydrogens (tertiary/aromatic N) is 2. The van der Waals surface area contributed by atoms with E-state index in [1.165, 1.54) is 11.3 Å². The van der Waals surface area contributed by atoms with E-state index in [1.807, 2.05) is 36.6 Å². The van der Waals surface area contributed by atoms with Gasteiger partial charge >= 0.3 is 0 Å². The normalized spacial score (nSPS) is 11.5. The molecule has 0 atom stereocenters. The molecule has 0 saturated heterocycles. The Morgan fingerprint density at radius 3 is 3.10 bits per heavy atom. The van der Waals surface area contributed by atoms with E-state index in [4.69, 9.17) is 9.52 Å². The molecule has 102 valence electrons. The molecule has 1 aromatic carbocycles. The number of furan rings is 1. The van der Waals surface area contributed by atoms with Gasteiger partial charge in [0.25, 0.3) is 0 Å². The third kappa shape index (κ3) is 2.71. The van der Waals surface area contributed by atoms with Crippen molar-refractivity contribution in [1.29, 1.82) is 0 Å². The number of aliphatic hydroxyl groups excluding tert-OH is 1. The SMILES string of the molecule is Cc1csc(NN=Cc2ccc3oc(CO)cc3c2)n1. The molecule has 20 heavy (non-hydrogen) atoms. The summed E-state index contributed by atoms with van der Waals surface area (Å²) in [6, 6.07) is 7.55. The molecule has 0 fully saturated rings. The zero-order chi connectivity index (χ0) is 13.9. The molecule has 3 aromatic rings. The second-order valence-corrected chi connectivity index (χ2v) is 5.19. The summed E-state index contributed by atoms with van der Waals surface area (Å²) in [6.45, 7) is 1.85. The Morgan fingerprint density at radius 2 is 2.35 bits per heavy atom. The van der Waals surface area contributed by atoms with E-state index in [9.17, 15) is 0 Å². The highest BCUT2D eigenvalue weighted by Crippen LogP contribution is 2.20. The molecule has 2 heterocycles. The van der Waals surface area contributed by atoms with Gasteiger partial charge in [0, 0.05) is 10.8 Å². The molecular weight excluding hydrogens is 274 g/mol. The Balaban J connectivity index is 1.76. The van der Waals surface area contributed by atoms with E-state index < -0.39 is 0 Å². The quantitative estimate of drug-likeness (QED) is 0.571. The van der Waals surface area contributed by atoms with Gasteiger partial charge in [-0.3, -0.25) is 5.43 Å². The first-order valence-electron chi connectivity index (χ1n) is 6.09. The standard InChI is InChI=1S/C14H13N3O2S/c1-9-8-20-14(16-9)17-15-6-10-2-3-13-11(4-10)5-12(7-18)19-13/h2-6,8,18H,7H2,1H3,(H,16,17). The smallest absolute Gasteiger partial charge is 0.203 e. The van der Waals surface area contributed by atoms with E-state index in [0.29, 0.717) is 5.76 Å². The summed E-state index contributed by atoms with van der Waals surface area (Å²) in [6.07, 6.45) is 1.72. The lowest BCUT2D eigenvalue weighted by Gasteiger charge is -1.94. The predicted molar refractivity (Wildman–Crippen MR) is 80.2 cm³/mol. The van der Waals surface area contributed by atoms with Crippen LogP contribution in [0.1, 0.15) is 17.0 Å². The number of anilines is 1. The van der Waals surface area contributed by atoms with Crippen LogP contribution in [0, 0.1) is 6.92 Å². The molecule has 0 aliphatic carbocycles. The third-order valence-corrected chi connectivity index (χ3v) is 3.60. The van der Waals surface area contributed by atoms with Gasteiger partial charge in [-0.2, -0.15) is 5.10 Å². The van der Waals surface area contributed by atoms with Crippen LogP contribution >= 0.6 is 11.3 Å². The average Bonchev–Trinajstić information content (AvgIpc) is 3.04. The number of hydrogen-bond acceptors (Lipinski definition) is 6. The first kappa shape index (κ1) is 12.8. The number of thiazole rings is 1. The van der Waals surface area contributed by atoms with Crippen LogP contribution in [0.15, 0.2) is 39.2 Å². The van der Waals surface area contributed by atoms with Crippen molar-refractivity contribution in [3.63, 3.8) is 0 Å². The molecule has 6 heteroatoms. The van der Waals surface area contributed by atoms with Crippen molar-refractivity contribution in [1.82, 2.24) is 4.98 Å². The molecule has 0 aliphatic rings. The molecule has 3 rings (SSSR count). The van der Waals surface area contributed by atoms with Gasteiger partial charge in [-0.05, 0) is 36.8 Å². The maximum Gasteiger partial charge on any atom is 0.203 e. The van der Waals surface area contributed by atoms with E-state index in [0.717, 1.165) is 27.4 Å². The van der Waals surface area contributed by atoms with Gasteiger partial charge in [0.15, 0.2) is 0 Å². The van der Waals surface area contributed by atoms with Gasteiger partial charge in [-0.1, -0.05) is 0 Å². The number of hydrogen-bond donors (Lipinski definition) is 2. The van der Waals surface area contributed by atoms with Crippen molar-refractivity contribution in [2.24, 2.45) is 5.10 Å². The zero-order valence-corrected chi connectivity index (χ0v) is 11.6. The molecule has 2 aromatic heterocycles. The number of rotatable bonds is 4. The highest BCUT2D eigenvalue weighted by molar-refractivity contribution is 7.13. The van der Waals surface area contributed by atoms with E-state index in [1.54, 1.807) is 6.21 Å². The number of benzene rings is 1. The van der Waals surface area contributed by atoms with Crippen LogP contribution in [-0.2, 0) is 6.61 Å². The van der Waals surface area contributed by atoms with Crippen molar-refractivity contribution in [3.05, 3.63) is 46.7 Å². The summed E-state index contributed by atoms with van der Waals surface area (Å²) in [5.74, 6) is 0.561. The zero-order valence-electron chi connectivity index (χ0n) is 10.8. The monoisotopic (exact) mass is 287 g/mol. The van der Waals surface area contributed by atoms with Gasteiger partial charge in [-0.15, -0.1) is 11.3 Å². The predicted octanol–water partition coefficient (Wildman–Crippen LogP) is 3.14. The van der Waals surface area contributed by atoms with Gasteiger partial charge in [0.1, 0.15) is 18.0 Å². The van der Waals surface area contributed by atoms with Crippen LogP contribution in [0.2, 0.25) is 0 Å². The molecule has 5 nitrogen and oxygen atoms in total. The molecule has 0 bridgehead atoms. The van der Waals surface area contributed by atoms with E-state index >= 15 is 0 Å². The van der Waals surface area contributed by atoms with Crippen LogP contribution in [0.4, 0.5) is 5.13 Å². The Bertz CT molecular complexity index is 761. The van der Waals surface area contributed by atoms with Crippen molar-refractivity contribution in [2.45, 2.75) is 13.5 Å². The Kier molecular flexibility index (Phi) is 3.49. The van der Waals surface area contributed by atoms with Gasteiger partial charge in [0.2, 0.25) is 5.13 Å². The van der Waals surface area contributed by atoms with Crippen molar-refractivity contribution in [2.75, 3.05) is 5.43 Å². The molecule has 0 amide bonds. The van der Waals surface area contributed by atoms with Crippen LogP contribution in [0.25, 0.3) is 11.0 Å². The van der Waals surface area contributed by atoms with Gasteiger partial charge in [-0.25, -0.2) is 4.98 Å². The maximum absolute atomic E-state index is 9.04. The molecule has 0 radical (unpaired) electrons. The highest BCUT2D eigenvalue weighted by Gasteiger charge is 2.02. The molecule has 0 unspecified atom stereocenters. The van der Waals surface area contributed by atoms with Crippen molar-refractivity contribution in [3.8, 4) is 0 Å². The third-order valence-electron chi connectivity index (χ3n) is 2.74. The number of aliphatic hydroxyl groups is 1. The maximum atomic E-state index is 9.04. The van der Waals surface area contributed by atoms with Crippen molar-refractivity contribution < 1.29 is 9.52 Å². The minimum Gasteiger partial charge on any atom is -0.459 e. The second kappa shape index (κ2) is 5.44. The number of aryl methyl sites for hydroxylation is 1. The molecule has 0 aliphatic heterocycles. The molecule has 2 N–H and O–H groups in total. The minimum absolute atomic E-state index is 0.0942. The molecular formula is C14H13N3O2S. The van der Waals surface area contributed by atoms with E-state index in [-0.39, 0.29) is 6.61 Å². The summed E-state index contributed by atoms with van der Waals surface area (Å²) < 4.78 is 5.43. The lowest BCUT2D eigenvalue weighted by atomic mass is 10.2. The second-order valence-electron chi connectivity index (χ2n) is 4.33. The number of fused-ring (bicyclic) bond motifs is 1. The Hall–Kier alpha value is -2.18. The lowest BCUT2D eigenvalue weighted by Crippen LogP contribution is -1.89. The fourth-order valence-corrected chi connectivity index (χ4v) is 2.48. The Morgan fingerprint density at radius 1 is 1.45 bits per heavy atom. The summed E-state index contributed by atoms with van der Waals surface area (Å²) in [4.78, 5) is 4.26. The van der Waals surface area contributed by atoms with Gasteiger partial charge < -0.3 is 9.52 Å². The topological polar surface area (TPSA) is 70.7 Å². The van der Waals surface area contributed by atoms with Crippen LogP contribution < -0.4 is 5.43 Å². The minimum atomic E-state index is -0.0942. The summed E-state index contributed by atoms with van der Waals surface area (Å²) >= 11 is 1.51. The van der Waals surface area contributed by atoms with Crippen LogP contribution in [-0.4, -0.2) is 16.3 Å². The van der Waals surface area contributed by atoms with Crippen LogP contribution in [0.5, 0.6) is 0 Å². The lowest BCUT2D eigenvalue weighted by molar-refractivity contribution is 0.251. The van der Waals surface area contributed by atoms with E-state index in [2.05, 4.69) is 15.5 Å². The Labute approximate surface area is 119 Å². The first-order chi connectivity index (χ1) is 9.74. The number of hydrazone groups is 1. The molecule has 0 saturated carbocycles. The fraction of sp³-hybridized carbons (Fsp3) is 0.143. The fourth-order valence-electron chi connectivity index (χ4n) is 1.84. The summed E-state index contributed by atoms with van der Waals surface area (Å²) in [7, 11) is 0. The largest absolute Gasteiger partial charge is 0.459 e. The van der Waals surface area contributed by atoms with Crippen LogP contribution in [0.3, 0.4) is 0 Å². The number of aromatic nitrogens is 1.